The molecular formula is C11H16Cl2P+. The average Bonchev–Trinajstić information content (AvgIpc) is 2.20. The van der Waals surface area contributed by atoms with E-state index in [1.54, 1.807) is 0 Å². The zero-order chi connectivity index (χ0) is 10.6. The van der Waals surface area contributed by atoms with Crippen LogP contribution >= 0.6 is 28.4 Å². The number of rotatable bonds is 4. The van der Waals surface area contributed by atoms with Crippen LogP contribution in [-0.4, -0.2) is 6.16 Å². The Morgan fingerprint density at radius 3 is 2.14 bits per heavy atom. The van der Waals surface area contributed by atoms with Crippen molar-refractivity contribution in [2.45, 2.75) is 25.9 Å². The van der Waals surface area contributed by atoms with Crippen molar-refractivity contribution < 1.29 is 0 Å². The van der Waals surface area contributed by atoms with E-state index in [4.69, 9.17) is 22.5 Å². The summed E-state index contributed by atoms with van der Waals surface area (Å²) in [6.07, 6.45) is 1.89. The van der Waals surface area contributed by atoms with Crippen molar-refractivity contribution >= 4 is 28.4 Å². The van der Waals surface area contributed by atoms with E-state index in [2.05, 4.69) is 26.0 Å². The van der Waals surface area contributed by atoms with E-state index in [0.29, 0.717) is 5.66 Å². The molecule has 0 saturated heterocycles. The van der Waals surface area contributed by atoms with Gasteiger partial charge in [-0.1, -0.05) is 37.3 Å². The molecule has 14 heavy (non-hydrogen) atoms. The van der Waals surface area contributed by atoms with E-state index >= 15 is 0 Å². The van der Waals surface area contributed by atoms with Crippen molar-refractivity contribution in [1.29, 1.82) is 0 Å². The molecular weight excluding hydrogens is 234 g/mol. The van der Waals surface area contributed by atoms with Gasteiger partial charge in [0.1, 0.15) is 28.1 Å². The summed E-state index contributed by atoms with van der Waals surface area (Å²) in [5, 5.41) is 0. The lowest BCUT2D eigenvalue weighted by Crippen LogP contribution is -1.98. The molecule has 1 aromatic carbocycles. The number of benzene rings is 1. The van der Waals surface area contributed by atoms with Gasteiger partial charge in [0.15, 0.2) is 0 Å². The van der Waals surface area contributed by atoms with E-state index in [-0.39, 0.29) is 0 Å². The quantitative estimate of drug-likeness (QED) is 0.620. The Bertz CT molecular complexity index is 272. The fourth-order valence-electron chi connectivity index (χ4n) is 1.62. The Labute approximate surface area is 96.5 Å². The minimum atomic E-state index is -1.81. The smallest absolute Gasteiger partial charge is 0.0622 e. The normalized spacial score (nSPS) is 14.0. The molecule has 0 aromatic heterocycles. The second kappa shape index (κ2) is 5.35. The molecule has 0 fully saturated rings. The van der Waals surface area contributed by atoms with Crippen molar-refractivity contribution in [3.05, 3.63) is 35.9 Å². The third-order valence-corrected chi connectivity index (χ3v) is 7.72. The lowest BCUT2D eigenvalue weighted by Gasteiger charge is -2.19. The van der Waals surface area contributed by atoms with E-state index in [0.717, 1.165) is 12.6 Å². The highest BCUT2D eigenvalue weighted by Gasteiger charge is 2.42. The fraction of sp³-hybridized carbons (Fsp3) is 0.455. The van der Waals surface area contributed by atoms with Crippen LogP contribution in [0.15, 0.2) is 30.3 Å². The molecule has 1 unspecified atom stereocenters. The first kappa shape index (κ1) is 12.3. The van der Waals surface area contributed by atoms with E-state index in [9.17, 15) is 0 Å². The molecule has 0 radical (unpaired) electrons. The van der Waals surface area contributed by atoms with Crippen molar-refractivity contribution in [3.63, 3.8) is 0 Å². The molecule has 0 bridgehead atoms. The fourth-order valence-corrected chi connectivity index (χ4v) is 4.70. The molecule has 3 heteroatoms. The summed E-state index contributed by atoms with van der Waals surface area (Å²) in [6.45, 7) is 4.21. The Morgan fingerprint density at radius 2 is 1.71 bits per heavy atom. The van der Waals surface area contributed by atoms with Gasteiger partial charge in [-0.15, -0.1) is 0 Å². The van der Waals surface area contributed by atoms with Gasteiger partial charge in [0.2, 0.25) is 5.97 Å². The van der Waals surface area contributed by atoms with Gasteiger partial charge >= 0.3 is 0 Å². The number of halogens is 2. The standard InChI is InChI=1S/C11H16Cl2P/c1-3-11(14(12,13)4-2)10-8-6-5-7-9-10/h5-9,11H,3-4H2,1-2H3/q+1. The zero-order valence-electron chi connectivity index (χ0n) is 8.58. The Hall–Kier alpha value is 0.230. The monoisotopic (exact) mass is 249 g/mol. The van der Waals surface area contributed by atoms with Gasteiger partial charge in [-0.25, -0.2) is 0 Å². The average molecular weight is 250 g/mol. The van der Waals surface area contributed by atoms with Gasteiger partial charge in [-0.2, -0.15) is 0 Å². The lowest BCUT2D eigenvalue weighted by atomic mass is 10.1. The van der Waals surface area contributed by atoms with Crippen LogP contribution in [0.3, 0.4) is 0 Å². The highest BCUT2D eigenvalue weighted by atomic mass is 35.9. The van der Waals surface area contributed by atoms with Crippen LogP contribution in [0.25, 0.3) is 0 Å². The molecule has 0 nitrogen and oxygen atoms in total. The van der Waals surface area contributed by atoms with Crippen LogP contribution in [0.5, 0.6) is 0 Å². The van der Waals surface area contributed by atoms with E-state index in [1.165, 1.54) is 5.56 Å². The highest BCUT2D eigenvalue weighted by molar-refractivity contribution is 8.17. The molecule has 0 heterocycles. The van der Waals surface area contributed by atoms with Crippen LogP contribution in [0.4, 0.5) is 0 Å². The predicted molar refractivity (Wildman–Crippen MR) is 68.6 cm³/mol. The van der Waals surface area contributed by atoms with Crippen LogP contribution in [0.1, 0.15) is 31.5 Å². The minimum Gasteiger partial charge on any atom is -0.0622 e. The first-order chi connectivity index (χ1) is 6.61. The zero-order valence-corrected chi connectivity index (χ0v) is 11.0. The SMILES string of the molecule is CCC(c1ccccc1)[P+](Cl)(Cl)CC. The molecule has 0 aliphatic rings. The molecule has 0 saturated carbocycles. The molecule has 0 aliphatic heterocycles. The molecule has 0 aliphatic carbocycles. The Kier molecular flexibility index (Phi) is 4.70. The maximum absolute atomic E-state index is 6.40. The third-order valence-electron chi connectivity index (χ3n) is 2.45. The van der Waals surface area contributed by atoms with Crippen molar-refractivity contribution in [2.24, 2.45) is 0 Å². The van der Waals surface area contributed by atoms with Crippen LogP contribution < -0.4 is 0 Å². The predicted octanol–water partition coefficient (Wildman–Crippen LogP) is 5.48. The lowest BCUT2D eigenvalue weighted by molar-refractivity contribution is 0.882. The summed E-state index contributed by atoms with van der Waals surface area (Å²) in [5.74, 6) is -1.81. The van der Waals surface area contributed by atoms with Crippen molar-refractivity contribution in [3.8, 4) is 0 Å². The minimum absolute atomic E-state index is 0.331. The van der Waals surface area contributed by atoms with Crippen molar-refractivity contribution in [2.75, 3.05) is 6.16 Å². The maximum Gasteiger partial charge on any atom is 0.218 e. The first-order valence-electron chi connectivity index (χ1n) is 4.93. The third kappa shape index (κ3) is 2.86. The molecule has 0 N–H and O–H groups in total. The Morgan fingerprint density at radius 1 is 1.14 bits per heavy atom. The van der Waals surface area contributed by atoms with Gasteiger partial charge in [0, 0.05) is 0 Å². The summed E-state index contributed by atoms with van der Waals surface area (Å²) in [7, 11) is 0. The summed E-state index contributed by atoms with van der Waals surface area (Å²) in [6, 6.07) is 10.3. The summed E-state index contributed by atoms with van der Waals surface area (Å²) >= 11 is 12.8. The van der Waals surface area contributed by atoms with Crippen LogP contribution in [0, 0.1) is 0 Å². The number of hydrogen-bond donors (Lipinski definition) is 0. The maximum atomic E-state index is 6.40. The molecule has 0 amide bonds. The largest absolute Gasteiger partial charge is 0.218 e. The van der Waals surface area contributed by atoms with E-state index < -0.39 is 5.97 Å². The topological polar surface area (TPSA) is 0 Å². The first-order valence-corrected chi connectivity index (χ1v) is 8.79. The highest BCUT2D eigenvalue weighted by Crippen LogP contribution is 2.78. The van der Waals surface area contributed by atoms with Gasteiger partial charge < -0.3 is 0 Å². The Balaban J connectivity index is 2.93. The second-order valence-corrected chi connectivity index (χ2v) is 10.1. The molecule has 1 aromatic rings. The van der Waals surface area contributed by atoms with Gasteiger partial charge in [0.05, 0.1) is 6.16 Å². The van der Waals surface area contributed by atoms with Crippen molar-refractivity contribution in [1.82, 2.24) is 0 Å². The second-order valence-electron chi connectivity index (χ2n) is 3.33. The molecule has 0 spiro atoms. The van der Waals surface area contributed by atoms with Gasteiger partial charge in [0.25, 0.3) is 0 Å². The van der Waals surface area contributed by atoms with Crippen LogP contribution in [-0.2, 0) is 0 Å². The van der Waals surface area contributed by atoms with Gasteiger partial charge in [-0.05, 0) is 18.9 Å². The van der Waals surface area contributed by atoms with Gasteiger partial charge in [-0.3, -0.25) is 0 Å². The molecule has 78 valence electrons. The summed E-state index contributed by atoms with van der Waals surface area (Å²) in [5.41, 5.74) is 1.60. The van der Waals surface area contributed by atoms with E-state index in [1.807, 2.05) is 18.2 Å². The summed E-state index contributed by atoms with van der Waals surface area (Å²) in [4.78, 5) is 0. The molecule has 1 rings (SSSR count). The molecule has 1 atom stereocenters. The summed E-state index contributed by atoms with van der Waals surface area (Å²) < 4.78 is 0. The van der Waals surface area contributed by atoms with Crippen LogP contribution in [0.2, 0.25) is 0 Å². The number of hydrogen-bond acceptors (Lipinski definition) is 0.